The Hall–Kier alpha value is -3.20. The van der Waals surface area contributed by atoms with Crippen molar-refractivity contribution >= 4 is 27.8 Å². The van der Waals surface area contributed by atoms with Crippen LogP contribution in [0.25, 0.3) is 6.08 Å². The molecule has 0 unspecified atom stereocenters. The van der Waals surface area contributed by atoms with Gasteiger partial charge in [0.2, 0.25) is 5.75 Å². The van der Waals surface area contributed by atoms with Crippen molar-refractivity contribution in [1.82, 2.24) is 0 Å². The number of carboxylic acids is 1. The van der Waals surface area contributed by atoms with Crippen LogP contribution >= 0.6 is 0 Å². The first-order valence-corrected chi connectivity index (χ1v) is 9.19. The first-order chi connectivity index (χ1) is 12.8. The fraction of sp³-hybridized carbons (Fsp3) is 0.167. The van der Waals surface area contributed by atoms with E-state index in [-0.39, 0.29) is 28.5 Å². The average molecular weight is 393 g/mol. The van der Waals surface area contributed by atoms with Crippen LogP contribution < -0.4 is 18.9 Å². The summed E-state index contributed by atoms with van der Waals surface area (Å²) in [5.41, 5.74) is 0.0576. The van der Waals surface area contributed by atoms with Crippen molar-refractivity contribution < 1.29 is 32.5 Å². The predicted octanol–water partition coefficient (Wildman–Crippen LogP) is 2.82. The Morgan fingerprint density at radius 1 is 1.04 bits per heavy atom. The number of carboxylic acid groups (broad SMARTS) is 1. The molecule has 9 heteroatoms. The van der Waals surface area contributed by atoms with Crippen molar-refractivity contribution in [2.45, 2.75) is 0 Å². The van der Waals surface area contributed by atoms with Crippen molar-refractivity contribution in [3.63, 3.8) is 0 Å². The second-order valence-electron chi connectivity index (χ2n) is 5.23. The Balaban J connectivity index is 2.53. The molecule has 8 nitrogen and oxygen atoms in total. The van der Waals surface area contributed by atoms with Crippen LogP contribution in [0, 0.1) is 0 Å². The fourth-order valence-corrected chi connectivity index (χ4v) is 3.23. The minimum absolute atomic E-state index is 0.0646. The lowest BCUT2D eigenvalue weighted by molar-refractivity contribution is 0.0697. The maximum atomic E-state index is 12.5. The van der Waals surface area contributed by atoms with Gasteiger partial charge in [0.1, 0.15) is 5.69 Å². The molecule has 0 fully saturated rings. The molecule has 0 atom stereocenters. The van der Waals surface area contributed by atoms with Crippen LogP contribution in [-0.4, -0.2) is 40.8 Å². The van der Waals surface area contributed by atoms with Gasteiger partial charge in [-0.2, -0.15) is 0 Å². The summed E-state index contributed by atoms with van der Waals surface area (Å²) < 4.78 is 42.6. The maximum Gasteiger partial charge on any atom is 0.338 e. The van der Waals surface area contributed by atoms with Gasteiger partial charge in [-0.05, 0) is 11.6 Å². The molecule has 2 N–H and O–H groups in total. The number of hydrogen-bond acceptors (Lipinski definition) is 6. The third-order valence-electron chi connectivity index (χ3n) is 3.54. The number of benzene rings is 2. The number of hydrogen-bond donors (Lipinski definition) is 2. The van der Waals surface area contributed by atoms with E-state index in [4.69, 9.17) is 14.2 Å². The molecule has 0 radical (unpaired) electrons. The van der Waals surface area contributed by atoms with Crippen molar-refractivity contribution in [3.05, 3.63) is 52.9 Å². The van der Waals surface area contributed by atoms with Crippen LogP contribution in [-0.2, 0) is 10.0 Å². The zero-order valence-corrected chi connectivity index (χ0v) is 15.7. The number of ether oxygens (including phenoxy) is 3. The van der Waals surface area contributed by atoms with Crippen molar-refractivity contribution in [2.75, 3.05) is 26.1 Å². The summed E-state index contributed by atoms with van der Waals surface area (Å²) in [5, 5.41) is 10.4. The van der Waals surface area contributed by atoms with Crippen LogP contribution in [0.5, 0.6) is 17.2 Å². The van der Waals surface area contributed by atoms with Gasteiger partial charge in [0.25, 0.3) is 10.0 Å². The highest BCUT2D eigenvalue weighted by Crippen LogP contribution is 2.45. The lowest BCUT2D eigenvalue weighted by Crippen LogP contribution is -2.14. The molecule has 2 aromatic rings. The molecule has 0 bridgehead atoms. The summed E-state index contributed by atoms with van der Waals surface area (Å²) in [7, 11) is -0.115. The van der Waals surface area contributed by atoms with Crippen molar-refractivity contribution in [2.24, 2.45) is 0 Å². The Bertz CT molecular complexity index is 953. The topological polar surface area (TPSA) is 111 Å². The molecule has 27 heavy (non-hydrogen) atoms. The lowest BCUT2D eigenvalue weighted by atomic mass is 10.1. The molecule has 0 saturated heterocycles. The number of rotatable bonds is 8. The van der Waals surface area contributed by atoms with Crippen molar-refractivity contribution in [3.8, 4) is 17.2 Å². The number of nitrogens with one attached hydrogen (secondary N) is 1. The van der Waals surface area contributed by atoms with Gasteiger partial charge in [-0.25, -0.2) is 13.2 Å². The first-order valence-electron chi connectivity index (χ1n) is 7.65. The summed E-state index contributed by atoms with van der Waals surface area (Å²) in [6.45, 7) is 0. The predicted molar refractivity (Wildman–Crippen MR) is 101 cm³/mol. The molecule has 0 spiro atoms. The van der Waals surface area contributed by atoms with Crippen LogP contribution in [0.1, 0.15) is 15.9 Å². The maximum absolute atomic E-state index is 12.5. The Kier molecular flexibility index (Phi) is 6.30. The number of carbonyl (C=O) groups is 1. The molecule has 144 valence electrons. The monoisotopic (exact) mass is 393 g/mol. The highest BCUT2D eigenvalue weighted by atomic mass is 32.2. The minimum Gasteiger partial charge on any atom is -0.493 e. The van der Waals surface area contributed by atoms with Gasteiger partial charge in [0, 0.05) is 6.07 Å². The third-order valence-corrected chi connectivity index (χ3v) is 4.53. The Morgan fingerprint density at radius 3 is 2.19 bits per heavy atom. The first kappa shape index (κ1) is 20.1. The number of aromatic carboxylic acids is 1. The van der Waals surface area contributed by atoms with Gasteiger partial charge in [-0.1, -0.05) is 30.3 Å². The van der Waals surface area contributed by atoms with Gasteiger partial charge in [0.15, 0.2) is 11.5 Å². The highest BCUT2D eigenvalue weighted by molar-refractivity contribution is 7.95. The number of anilines is 1. The second-order valence-corrected chi connectivity index (χ2v) is 6.80. The summed E-state index contributed by atoms with van der Waals surface area (Å²) in [4.78, 5) is 11.6. The van der Waals surface area contributed by atoms with E-state index in [1.807, 2.05) is 0 Å². The Labute approximate surface area is 157 Å². The second kappa shape index (κ2) is 8.45. The van der Waals surface area contributed by atoms with Crippen LogP contribution in [0.2, 0.25) is 0 Å². The molecule has 0 aliphatic carbocycles. The molecule has 0 aliphatic rings. The van der Waals surface area contributed by atoms with Crippen LogP contribution in [0.4, 0.5) is 5.69 Å². The summed E-state index contributed by atoms with van der Waals surface area (Å²) in [6, 6.07) is 9.94. The summed E-state index contributed by atoms with van der Waals surface area (Å²) in [5.74, 6) is -1.31. The smallest absolute Gasteiger partial charge is 0.338 e. The molecule has 2 rings (SSSR count). The van der Waals surface area contributed by atoms with Crippen LogP contribution in [0.3, 0.4) is 0 Å². The number of methoxy groups -OCH3 is 3. The largest absolute Gasteiger partial charge is 0.493 e. The molecular formula is C18H19NO7S. The molecule has 0 aromatic heterocycles. The molecule has 2 aromatic carbocycles. The third kappa shape index (κ3) is 4.70. The van der Waals surface area contributed by atoms with Gasteiger partial charge >= 0.3 is 5.97 Å². The fourth-order valence-electron chi connectivity index (χ4n) is 2.33. The van der Waals surface area contributed by atoms with E-state index in [2.05, 4.69) is 4.72 Å². The standard InChI is InChI=1S/C18H19NO7S/c1-24-14-11-13(18(20)21)15(17(26-3)16(14)25-2)19-27(22,23)10-9-12-7-5-4-6-8-12/h4-11,19H,1-3H3,(H,20,21)/b10-9+. The number of sulfonamides is 1. The van der Waals surface area contributed by atoms with E-state index in [0.717, 1.165) is 11.5 Å². The summed E-state index contributed by atoms with van der Waals surface area (Å²) in [6.07, 6.45) is 1.38. The van der Waals surface area contributed by atoms with E-state index in [0.29, 0.717) is 5.56 Å². The average Bonchev–Trinajstić information content (AvgIpc) is 2.66. The van der Waals surface area contributed by atoms with E-state index < -0.39 is 16.0 Å². The molecule has 0 saturated carbocycles. The molecular weight excluding hydrogens is 374 g/mol. The zero-order valence-electron chi connectivity index (χ0n) is 14.9. The van der Waals surface area contributed by atoms with E-state index in [9.17, 15) is 18.3 Å². The van der Waals surface area contributed by atoms with E-state index in [1.165, 1.54) is 27.4 Å². The quantitative estimate of drug-likeness (QED) is 0.709. The SMILES string of the molecule is COc1cc(C(=O)O)c(NS(=O)(=O)/C=C/c2ccccc2)c(OC)c1OC. The van der Waals surface area contributed by atoms with Crippen molar-refractivity contribution in [1.29, 1.82) is 0 Å². The Morgan fingerprint density at radius 2 is 1.67 bits per heavy atom. The lowest BCUT2D eigenvalue weighted by Gasteiger charge is -2.18. The van der Waals surface area contributed by atoms with E-state index >= 15 is 0 Å². The molecule has 0 aliphatic heterocycles. The van der Waals surface area contributed by atoms with Gasteiger partial charge < -0.3 is 19.3 Å². The molecule has 0 amide bonds. The minimum atomic E-state index is -4.04. The normalized spacial score (nSPS) is 11.2. The van der Waals surface area contributed by atoms with Gasteiger partial charge in [0.05, 0.1) is 32.3 Å². The van der Waals surface area contributed by atoms with E-state index in [1.54, 1.807) is 30.3 Å². The molecule has 0 heterocycles. The van der Waals surface area contributed by atoms with Crippen LogP contribution in [0.15, 0.2) is 41.8 Å². The zero-order chi connectivity index (χ0) is 20.0. The van der Waals surface area contributed by atoms with Gasteiger partial charge in [-0.15, -0.1) is 0 Å². The summed E-state index contributed by atoms with van der Waals surface area (Å²) >= 11 is 0. The highest BCUT2D eigenvalue weighted by Gasteiger charge is 2.26. The van der Waals surface area contributed by atoms with Gasteiger partial charge in [-0.3, -0.25) is 4.72 Å².